The van der Waals surface area contributed by atoms with Gasteiger partial charge in [-0.05, 0) is 30.4 Å². The first-order valence-electron chi connectivity index (χ1n) is 4.21. The fourth-order valence-corrected chi connectivity index (χ4v) is 2.26. The highest BCUT2D eigenvalue weighted by molar-refractivity contribution is 8.03. The highest BCUT2D eigenvalue weighted by atomic mass is 32.2. The summed E-state index contributed by atoms with van der Waals surface area (Å²) in [6, 6.07) is 1.93. The van der Waals surface area contributed by atoms with Crippen LogP contribution in [0.5, 0.6) is 0 Å². The van der Waals surface area contributed by atoms with E-state index in [0.717, 1.165) is 22.0 Å². The molecule has 0 saturated carbocycles. The Morgan fingerprint density at radius 2 is 2.31 bits per heavy atom. The summed E-state index contributed by atoms with van der Waals surface area (Å²) < 4.78 is 5.17. The van der Waals surface area contributed by atoms with Gasteiger partial charge in [0, 0.05) is 6.42 Å². The lowest BCUT2D eigenvalue weighted by Gasteiger charge is -1.97. The van der Waals surface area contributed by atoms with Crippen molar-refractivity contribution in [3.05, 3.63) is 29.1 Å². The molecule has 0 N–H and O–H groups in total. The zero-order valence-electron chi connectivity index (χ0n) is 7.37. The molecule has 0 bridgehead atoms. The van der Waals surface area contributed by atoms with Gasteiger partial charge in [0.15, 0.2) is 5.78 Å². The molecule has 0 atom stereocenters. The molecule has 3 heteroatoms. The van der Waals surface area contributed by atoms with Gasteiger partial charge in [-0.2, -0.15) is 0 Å². The molecule has 0 radical (unpaired) electrons. The smallest absolute Gasteiger partial charge is 0.156 e. The van der Waals surface area contributed by atoms with Gasteiger partial charge in [-0.15, -0.1) is 0 Å². The fraction of sp³-hybridized carbons (Fsp3) is 0.300. The van der Waals surface area contributed by atoms with Crippen LogP contribution in [0.2, 0.25) is 0 Å². The molecular weight excluding hydrogens is 184 g/mol. The molecular formula is C10H10O2S. The zero-order chi connectivity index (χ0) is 9.26. The van der Waals surface area contributed by atoms with Crippen LogP contribution >= 0.6 is 11.8 Å². The van der Waals surface area contributed by atoms with Gasteiger partial charge >= 0.3 is 0 Å². The van der Waals surface area contributed by atoms with E-state index in [9.17, 15) is 4.79 Å². The van der Waals surface area contributed by atoms with Gasteiger partial charge in [-0.25, -0.2) is 0 Å². The van der Waals surface area contributed by atoms with Crippen LogP contribution in [0.15, 0.2) is 32.6 Å². The maximum absolute atomic E-state index is 11.0. The van der Waals surface area contributed by atoms with Crippen molar-refractivity contribution in [1.82, 2.24) is 0 Å². The molecule has 1 aliphatic rings. The molecule has 1 aromatic rings. The van der Waals surface area contributed by atoms with E-state index in [1.165, 1.54) is 0 Å². The van der Waals surface area contributed by atoms with E-state index >= 15 is 0 Å². The summed E-state index contributed by atoms with van der Waals surface area (Å²) in [6.45, 7) is 1.93. The quantitative estimate of drug-likeness (QED) is 0.725. The summed E-state index contributed by atoms with van der Waals surface area (Å²) in [5, 5.41) is 0. The topological polar surface area (TPSA) is 30.2 Å². The number of hydrogen-bond donors (Lipinski definition) is 0. The van der Waals surface area contributed by atoms with Crippen LogP contribution in [0.3, 0.4) is 0 Å². The lowest BCUT2D eigenvalue weighted by atomic mass is 10.3. The van der Waals surface area contributed by atoms with Crippen LogP contribution in [-0.4, -0.2) is 5.78 Å². The molecule has 1 aliphatic carbocycles. The maximum Gasteiger partial charge on any atom is 0.156 e. The first-order valence-corrected chi connectivity index (χ1v) is 5.03. The Kier molecular flexibility index (Phi) is 2.27. The van der Waals surface area contributed by atoms with Crippen molar-refractivity contribution in [2.24, 2.45) is 0 Å². The van der Waals surface area contributed by atoms with Crippen molar-refractivity contribution in [3.63, 3.8) is 0 Å². The molecule has 0 aliphatic heterocycles. The maximum atomic E-state index is 11.0. The predicted octanol–water partition coefficient (Wildman–Crippen LogP) is 2.93. The monoisotopic (exact) mass is 194 g/mol. The SMILES string of the molecule is Cc1occc1SC1=CC(=O)CC1. The van der Waals surface area contributed by atoms with Gasteiger partial charge in [-0.1, -0.05) is 11.8 Å². The van der Waals surface area contributed by atoms with Crippen LogP contribution in [-0.2, 0) is 4.79 Å². The molecule has 13 heavy (non-hydrogen) atoms. The van der Waals surface area contributed by atoms with Crippen molar-refractivity contribution in [2.75, 3.05) is 0 Å². The molecule has 0 saturated heterocycles. The summed E-state index contributed by atoms with van der Waals surface area (Å²) in [4.78, 5) is 13.2. The number of carbonyl (C=O) groups excluding carboxylic acids is 1. The number of hydrogen-bond acceptors (Lipinski definition) is 3. The molecule has 1 heterocycles. The second-order valence-corrected chi connectivity index (χ2v) is 4.19. The Labute approximate surface area is 81.0 Å². The molecule has 68 valence electrons. The molecule has 2 rings (SSSR count). The van der Waals surface area contributed by atoms with Gasteiger partial charge in [-0.3, -0.25) is 4.79 Å². The number of ketones is 1. The highest BCUT2D eigenvalue weighted by Crippen LogP contribution is 2.35. The van der Waals surface area contributed by atoms with Gasteiger partial charge < -0.3 is 4.42 Å². The van der Waals surface area contributed by atoms with Crippen molar-refractivity contribution in [1.29, 1.82) is 0 Å². The summed E-state index contributed by atoms with van der Waals surface area (Å²) in [5.74, 6) is 1.16. The van der Waals surface area contributed by atoms with Gasteiger partial charge in [0.05, 0.1) is 11.2 Å². The third-order valence-corrected chi connectivity index (χ3v) is 3.22. The summed E-state index contributed by atoms with van der Waals surface area (Å²) in [5.41, 5.74) is 0. The van der Waals surface area contributed by atoms with Crippen LogP contribution in [0.4, 0.5) is 0 Å². The van der Waals surface area contributed by atoms with Crippen LogP contribution in [0.1, 0.15) is 18.6 Å². The molecule has 2 nitrogen and oxygen atoms in total. The number of thioether (sulfide) groups is 1. The van der Waals surface area contributed by atoms with Crippen LogP contribution in [0, 0.1) is 6.92 Å². The highest BCUT2D eigenvalue weighted by Gasteiger charge is 2.14. The molecule has 0 amide bonds. The Hall–Kier alpha value is -0.960. The number of allylic oxidation sites excluding steroid dienone is 2. The zero-order valence-corrected chi connectivity index (χ0v) is 8.19. The average molecular weight is 194 g/mol. The molecule has 0 fully saturated rings. The van der Waals surface area contributed by atoms with E-state index in [4.69, 9.17) is 4.42 Å². The molecule has 0 unspecified atom stereocenters. The minimum Gasteiger partial charge on any atom is -0.468 e. The number of furan rings is 1. The van der Waals surface area contributed by atoms with E-state index in [1.54, 1.807) is 24.1 Å². The second-order valence-electron chi connectivity index (χ2n) is 3.02. The van der Waals surface area contributed by atoms with Crippen molar-refractivity contribution >= 4 is 17.5 Å². The Morgan fingerprint density at radius 3 is 2.85 bits per heavy atom. The van der Waals surface area contributed by atoms with Gasteiger partial charge in [0.1, 0.15) is 5.76 Å². The standard InChI is InChI=1S/C10H10O2S/c1-7-10(4-5-12-7)13-9-3-2-8(11)6-9/h4-6H,2-3H2,1H3. The Morgan fingerprint density at radius 1 is 1.46 bits per heavy atom. The number of rotatable bonds is 2. The molecule has 0 aromatic carbocycles. The number of aryl methyl sites for hydroxylation is 1. The first-order chi connectivity index (χ1) is 6.25. The minimum absolute atomic E-state index is 0.239. The number of carbonyl (C=O) groups is 1. The minimum atomic E-state index is 0.239. The van der Waals surface area contributed by atoms with Crippen molar-refractivity contribution in [2.45, 2.75) is 24.7 Å². The Bertz CT molecular complexity index is 363. The Balaban J connectivity index is 2.11. The van der Waals surface area contributed by atoms with Gasteiger partial charge in [0.2, 0.25) is 0 Å². The van der Waals surface area contributed by atoms with E-state index < -0.39 is 0 Å². The lowest BCUT2D eigenvalue weighted by Crippen LogP contribution is -1.80. The second kappa shape index (κ2) is 3.42. The summed E-state index contributed by atoms with van der Waals surface area (Å²) >= 11 is 1.63. The van der Waals surface area contributed by atoms with Crippen LogP contribution < -0.4 is 0 Å². The third-order valence-electron chi connectivity index (χ3n) is 1.99. The molecule has 0 spiro atoms. The predicted molar refractivity (Wildman–Crippen MR) is 51.6 cm³/mol. The normalized spacial score (nSPS) is 16.4. The van der Waals surface area contributed by atoms with E-state index in [-0.39, 0.29) is 5.78 Å². The summed E-state index contributed by atoms with van der Waals surface area (Å²) in [7, 11) is 0. The molecule has 1 aromatic heterocycles. The lowest BCUT2D eigenvalue weighted by molar-refractivity contribution is -0.114. The average Bonchev–Trinajstić information content (AvgIpc) is 2.64. The fourth-order valence-electron chi connectivity index (χ4n) is 1.27. The van der Waals surface area contributed by atoms with Crippen molar-refractivity contribution < 1.29 is 9.21 Å². The first kappa shape index (κ1) is 8.63. The largest absolute Gasteiger partial charge is 0.468 e. The summed E-state index contributed by atoms with van der Waals surface area (Å²) in [6.07, 6.45) is 4.96. The van der Waals surface area contributed by atoms with E-state index in [0.29, 0.717) is 6.42 Å². The van der Waals surface area contributed by atoms with Crippen molar-refractivity contribution in [3.8, 4) is 0 Å². The van der Waals surface area contributed by atoms with E-state index in [1.807, 2.05) is 13.0 Å². The van der Waals surface area contributed by atoms with Crippen LogP contribution in [0.25, 0.3) is 0 Å². The van der Waals surface area contributed by atoms with E-state index in [2.05, 4.69) is 0 Å². The van der Waals surface area contributed by atoms with Gasteiger partial charge in [0.25, 0.3) is 0 Å². The third kappa shape index (κ3) is 1.86.